The summed E-state index contributed by atoms with van der Waals surface area (Å²) in [4.78, 5) is 39.9. The summed E-state index contributed by atoms with van der Waals surface area (Å²) in [5, 5.41) is 0.910. The standard InChI is InChI=1S/C22H22N4O4S/c27-21(15-3-6-23-7-4-15)26-10-13-30-17(14-26)18-16-2-1-5-24-20(16)31-19(18)22(28)25-8-11-29-12-9-25/h1-7,17H,8-14H2/t17-/m1/s1. The number of aromatic nitrogens is 2. The lowest BCUT2D eigenvalue weighted by Gasteiger charge is -2.34. The Morgan fingerprint density at radius 1 is 0.968 bits per heavy atom. The van der Waals surface area contributed by atoms with E-state index < -0.39 is 6.10 Å². The number of hydrogen-bond acceptors (Lipinski definition) is 7. The molecule has 3 aromatic heterocycles. The van der Waals surface area contributed by atoms with Crippen LogP contribution in [0.3, 0.4) is 0 Å². The molecule has 0 aliphatic carbocycles. The maximum atomic E-state index is 13.4. The highest BCUT2D eigenvalue weighted by Crippen LogP contribution is 2.38. The van der Waals surface area contributed by atoms with Crippen molar-refractivity contribution in [2.45, 2.75) is 6.10 Å². The number of rotatable bonds is 3. The van der Waals surface area contributed by atoms with Crippen molar-refractivity contribution in [2.75, 3.05) is 46.0 Å². The topological polar surface area (TPSA) is 84.9 Å². The van der Waals surface area contributed by atoms with Crippen LogP contribution in [0.1, 0.15) is 31.7 Å². The molecule has 8 nitrogen and oxygen atoms in total. The van der Waals surface area contributed by atoms with Gasteiger partial charge in [0, 0.05) is 54.7 Å². The Labute approximate surface area is 183 Å². The minimum Gasteiger partial charge on any atom is -0.378 e. The number of carbonyl (C=O) groups is 2. The Hall–Kier alpha value is -2.88. The van der Waals surface area contributed by atoms with Crippen LogP contribution in [-0.2, 0) is 9.47 Å². The Balaban J connectivity index is 1.48. The fourth-order valence-corrected chi connectivity index (χ4v) is 5.19. The Morgan fingerprint density at radius 2 is 1.74 bits per heavy atom. The molecule has 160 valence electrons. The monoisotopic (exact) mass is 438 g/mol. The molecule has 5 rings (SSSR count). The van der Waals surface area contributed by atoms with Gasteiger partial charge in [0.2, 0.25) is 0 Å². The third-order valence-corrected chi connectivity index (χ3v) is 6.72. The molecule has 0 aromatic carbocycles. The zero-order valence-corrected chi connectivity index (χ0v) is 17.7. The lowest BCUT2D eigenvalue weighted by atomic mass is 10.0. The largest absolute Gasteiger partial charge is 0.378 e. The summed E-state index contributed by atoms with van der Waals surface area (Å²) in [5.41, 5.74) is 1.42. The molecule has 0 bridgehead atoms. The SMILES string of the molecule is O=C(c1ccncc1)N1CCO[C@@H](c2c(C(=O)N3CCOCC3)sc3ncccc23)C1. The normalized spacial score (nSPS) is 19.5. The molecule has 0 N–H and O–H groups in total. The zero-order valence-electron chi connectivity index (χ0n) is 16.9. The van der Waals surface area contributed by atoms with Crippen molar-refractivity contribution in [2.24, 2.45) is 0 Å². The second kappa shape index (κ2) is 8.70. The first-order valence-corrected chi connectivity index (χ1v) is 11.1. The third kappa shape index (κ3) is 3.91. The third-order valence-electron chi connectivity index (χ3n) is 5.60. The van der Waals surface area contributed by atoms with E-state index in [2.05, 4.69) is 9.97 Å². The number of morpholine rings is 2. The maximum absolute atomic E-state index is 13.4. The van der Waals surface area contributed by atoms with Crippen LogP contribution in [0, 0.1) is 0 Å². The summed E-state index contributed by atoms with van der Waals surface area (Å²) in [6, 6.07) is 7.26. The van der Waals surface area contributed by atoms with Crippen LogP contribution in [0.15, 0.2) is 42.9 Å². The lowest BCUT2D eigenvalue weighted by Crippen LogP contribution is -2.43. The van der Waals surface area contributed by atoms with Gasteiger partial charge in [-0.05, 0) is 18.2 Å². The summed E-state index contributed by atoms with van der Waals surface area (Å²) < 4.78 is 11.5. The first-order valence-electron chi connectivity index (χ1n) is 10.3. The van der Waals surface area contributed by atoms with Crippen LogP contribution < -0.4 is 0 Å². The number of thiophene rings is 1. The van der Waals surface area contributed by atoms with Crippen LogP contribution in [0.5, 0.6) is 0 Å². The first-order chi connectivity index (χ1) is 15.2. The number of hydrogen-bond donors (Lipinski definition) is 0. The van der Waals surface area contributed by atoms with Gasteiger partial charge in [0.1, 0.15) is 15.8 Å². The van der Waals surface area contributed by atoms with Crippen molar-refractivity contribution in [3.8, 4) is 0 Å². The van der Waals surface area contributed by atoms with Crippen LogP contribution in [-0.4, -0.2) is 77.6 Å². The van der Waals surface area contributed by atoms with Gasteiger partial charge in [0.25, 0.3) is 11.8 Å². The quantitative estimate of drug-likeness (QED) is 0.624. The molecule has 5 heterocycles. The maximum Gasteiger partial charge on any atom is 0.264 e. The molecule has 2 fully saturated rings. The summed E-state index contributed by atoms with van der Waals surface area (Å²) in [6.07, 6.45) is 4.56. The number of ether oxygens (including phenoxy) is 2. The summed E-state index contributed by atoms with van der Waals surface area (Å²) in [6.45, 7) is 3.51. The predicted molar refractivity (Wildman–Crippen MR) is 115 cm³/mol. The van der Waals surface area contributed by atoms with E-state index in [-0.39, 0.29) is 11.8 Å². The molecule has 2 saturated heterocycles. The van der Waals surface area contributed by atoms with Crippen molar-refractivity contribution in [1.29, 1.82) is 0 Å². The van der Waals surface area contributed by atoms with E-state index in [4.69, 9.17) is 9.47 Å². The fraction of sp³-hybridized carbons (Fsp3) is 0.364. The van der Waals surface area contributed by atoms with E-state index in [0.29, 0.717) is 56.4 Å². The van der Waals surface area contributed by atoms with Gasteiger partial charge in [-0.25, -0.2) is 4.98 Å². The Bertz CT molecular complexity index is 1100. The van der Waals surface area contributed by atoms with Crippen molar-refractivity contribution < 1.29 is 19.1 Å². The molecule has 0 saturated carbocycles. The summed E-state index contributed by atoms with van der Waals surface area (Å²) in [5.74, 6) is -0.0862. The molecular formula is C22H22N4O4S. The van der Waals surface area contributed by atoms with E-state index >= 15 is 0 Å². The summed E-state index contributed by atoms with van der Waals surface area (Å²) >= 11 is 1.39. The van der Waals surface area contributed by atoms with Crippen LogP contribution >= 0.6 is 11.3 Å². The van der Waals surface area contributed by atoms with Gasteiger partial charge < -0.3 is 19.3 Å². The van der Waals surface area contributed by atoms with Gasteiger partial charge >= 0.3 is 0 Å². The molecular weight excluding hydrogens is 416 g/mol. The van der Waals surface area contributed by atoms with Gasteiger partial charge in [0.05, 0.1) is 26.4 Å². The second-order valence-corrected chi connectivity index (χ2v) is 8.45. The highest BCUT2D eigenvalue weighted by Gasteiger charge is 2.33. The van der Waals surface area contributed by atoms with Gasteiger partial charge in [-0.2, -0.15) is 0 Å². The minimum absolute atomic E-state index is 0.0255. The number of nitrogens with zero attached hydrogens (tertiary/aromatic N) is 4. The highest BCUT2D eigenvalue weighted by molar-refractivity contribution is 7.20. The molecule has 2 aliphatic rings. The zero-order chi connectivity index (χ0) is 21.2. The van der Waals surface area contributed by atoms with E-state index in [1.807, 2.05) is 17.0 Å². The van der Waals surface area contributed by atoms with Crippen molar-refractivity contribution in [1.82, 2.24) is 19.8 Å². The number of carbonyl (C=O) groups excluding carboxylic acids is 2. The Morgan fingerprint density at radius 3 is 2.55 bits per heavy atom. The van der Waals surface area contributed by atoms with Gasteiger partial charge in [-0.1, -0.05) is 6.07 Å². The molecule has 0 spiro atoms. The second-order valence-electron chi connectivity index (χ2n) is 7.45. The molecule has 0 unspecified atom stereocenters. The van der Waals surface area contributed by atoms with Crippen molar-refractivity contribution in [3.63, 3.8) is 0 Å². The molecule has 2 amide bonds. The fourth-order valence-electron chi connectivity index (χ4n) is 4.03. The average molecular weight is 439 g/mol. The van der Waals surface area contributed by atoms with Crippen LogP contribution in [0.2, 0.25) is 0 Å². The number of pyridine rings is 2. The molecule has 0 radical (unpaired) electrons. The number of fused-ring (bicyclic) bond motifs is 1. The molecule has 9 heteroatoms. The van der Waals surface area contributed by atoms with Crippen molar-refractivity contribution in [3.05, 3.63) is 58.9 Å². The van der Waals surface area contributed by atoms with Crippen LogP contribution in [0.4, 0.5) is 0 Å². The molecule has 31 heavy (non-hydrogen) atoms. The van der Waals surface area contributed by atoms with E-state index in [0.717, 1.165) is 15.8 Å². The minimum atomic E-state index is -0.391. The van der Waals surface area contributed by atoms with E-state index in [1.54, 1.807) is 35.6 Å². The van der Waals surface area contributed by atoms with E-state index in [9.17, 15) is 9.59 Å². The van der Waals surface area contributed by atoms with Gasteiger partial charge in [-0.15, -0.1) is 11.3 Å². The molecule has 1 atom stereocenters. The van der Waals surface area contributed by atoms with Crippen LogP contribution in [0.25, 0.3) is 10.2 Å². The van der Waals surface area contributed by atoms with Crippen molar-refractivity contribution >= 4 is 33.4 Å². The summed E-state index contributed by atoms with van der Waals surface area (Å²) in [7, 11) is 0. The molecule has 2 aliphatic heterocycles. The number of amides is 2. The smallest absolute Gasteiger partial charge is 0.264 e. The molecule has 3 aromatic rings. The predicted octanol–water partition coefficient (Wildman–Crippen LogP) is 2.38. The van der Waals surface area contributed by atoms with Gasteiger partial charge in [0.15, 0.2) is 0 Å². The van der Waals surface area contributed by atoms with Gasteiger partial charge in [-0.3, -0.25) is 14.6 Å². The highest BCUT2D eigenvalue weighted by atomic mass is 32.1. The first kappa shape index (κ1) is 20.0. The van der Waals surface area contributed by atoms with E-state index in [1.165, 1.54) is 11.3 Å². The average Bonchev–Trinajstić information content (AvgIpc) is 3.24. The lowest BCUT2D eigenvalue weighted by molar-refractivity contribution is -0.0225. The Kier molecular flexibility index (Phi) is 5.63.